The van der Waals surface area contributed by atoms with Crippen molar-refractivity contribution in [2.75, 3.05) is 26.2 Å². The fraction of sp³-hybridized carbons (Fsp3) is 0.350. The molecule has 8 heteroatoms. The average molecular weight is 467 g/mol. The highest BCUT2D eigenvalue weighted by Gasteiger charge is 2.28. The van der Waals surface area contributed by atoms with E-state index in [9.17, 15) is 13.2 Å². The molecule has 6 nitrogen and oxygen atoms in total. The van der Waals surface area contributed by atoms with Gasteiger partial charge in [-0.1, -0.05) is 12.1 Å². The summed E-state index contributed by atoms with van der Waals surface area (Å²) in [5.74, 6) is 0.396. The number of nitrogens with zero attached hydrogens (tertiary/aromatic N) is 1. The van der Waals surface area contributed by atoms with Crippen molar-refractivity contribution in [2.24, 2.45) is 0 Å². The molecule has 0 bridgehead atoms. The summed E-state index contributed by atoms with van der Waals surface area (Å²) >= 11 is 3.33. The molecule has 1 aliphatic heterocycles. The average Bonchev–Trinajstić information content (AvgIpc) is 3.21. The van der Waals surface area contributed by atoms with E-state index in [4.69, 9.17) is 4.74 Å². The maximum Gasteiger partial charge on any atom is 0.252 e. The molecule has 0 radical (unpaired) electrons. The molecule has 28 heavy (non-hydrogen) atoms. The van der Waals surface area contributed by atoms with Crippen LogP contribution in [-0.2, 0) is 10.0 Å². The summed E-state index contributed by atoms with van der Waals surface area (Å²) in [6, 6.07) is 12.2. The molecule has 1 amide bonds. The van der Waals surface area contributed by atoms with Gasteiger partial charge in [0.25, 0.3) is 5.91 Å². The number of sulfonamides is 1. The fourth-order valence-electron chi connectivity index (χ4n) is 3.05. The standard InChI is InChI=1S/C20H23BrN2O4S/c1-15-5-4-6-16(13-15)27-12-9-22-20(24)18-14-17(7-8-19(18)21)28(25,26)23-10-2-3-11-23/h4-8,13-14H,2-3,9-12H2,1H3,(H,22,24). The summed E-state index contributed by atoms with van der Waals surface area (Å²) in [5, 5.41) is 2.77. The molecule has 1 heterocycles. The van der Waals surface area contributed by atoms with Crippen LogP contribution in [0.5, 0.6) is 5.75 Å². The van der Waals surface area contributed by atoms with E-state index >= 15 is 0 Å². The first-order valence-electron chi connectivity index (χ1n) is 9.15. The molecule has 0 aromatic heterocycles. The van der Waals surface area contributed by atoms with E-state index in [1.807, 2.05) is 31.2 Å². The number of nitrogens with one attached hydrogen (secondary N) is 1. The SMILES string of the molecule is Cc1cccc(OCCNC(=O)c2cc(S(=O)(=O)N3CCCC3)ccc2Br)c1. The molecule has 1 aliphatic rings. The van der Waals surface area contributed by atoms with Gasteiger partial charge in [0.2, 0.25) is 10.0 Å². The Morgan fingerprint density at radius 2 is 1.93 bits per heavy atom. The van der Waals surface area contributed by atoms with Gasteiger partial charge >= 0.3 is 0 Å². The van der Waals surface area contributed by atoms with Crippen LogP contribution in [0.4, 0.5) is 0 Å². The predicted molar refractivity (Wildman–Crippen MR) is 111 cm³/mol. The molecular formula is C20H23BrN2O4S. The number of amides is 1. The normalized spacial score (nSPS) is 14.8. The lowest BCUT2D eigenvalue weighted by atomic mass is 10.2. The topological polar surface area (TPSA) is 75.7 Å². The Morgan fingerprint density at radius 3 is 2.64 bits per heavy atom. The minimum atomic E-state index is -3.57. The van der Waals surface area contributed by atoms with Gasteiger partial charge in [-0.25, -0.2) is 8.42 Å². The van der Waals surface area contributed by atoms with Crippen LogP contribution in [-0.4, -0.2) is 44.9 Å². The summed E-state index contributed by atoms with van der Waals surface area (Å²) in [4.78, 5) is 12.7. The molecule has 0 atom stereocenters. The summed E-state index contributed by atoms with van der Waals surface area (Å²) in [6.45, 7) is 3.66. The highest BCUT2D eigenvalue weighted by atomic mass is 79.9. The number of carbonyl (C=O) groups excluding carboxylic acids is 1. The lowest BCUT2D eigenvalue weighted by Crippen LogP contribution is -2.30. The van der Waals surface area contributed by atoms with Gasteiger partial charge < -0.3 is 10.1 Å². The number of halogens is 1. The van der Waals surface area contributed by atoms with E-state index in [0.29, 0.717) is 30.7 Å². The molecule has 1 fully saturated rings. The number of carbonyl (C=O) groups is 1. The molecule has 1 N–H and O–H groups in total. The van der Waals surface area contributed by atoms with Crippen molar-refractivity contribution in [3.63, 3.8) is 0 Å². The summed E-state index contributed by atoms with van der Waals surface area (Å²) in [6.07, 6.45) is 1.73. The molecule has 3 rings (SSSR count). The van der Waals surface area contributed by atoms with Crippen molar-refractivity contribution in [3.8, 4) is 5.75 Å². The zero-order valence-corrected chi connectivity index (χ0v) is 18.1. The van der Waals surface area contributed by atoms with Crippen molar-refractivity contribution in [3.05, 3.63) is 58.1 Å². The monoisotopic (exact) mass is 466 g/mol. The predicted octanol–water partition coefficient (Wildman–Crippen LogP) is 3.35. The van der Waals surface area contributed by atoms with Gasteiger partial charge in [0.05, 0.1) is 17.0 Å². The van der Waals surface area contributed by atoms with E-state index in [0.717, 1.165) is 24.2 Å². The van der Waals surface area contributed by atoms with Crippen LogP contribution in [0.2, 0.25) is 0 Å². The lowest BCUT2D eigenvalue weighted by molar-refractivity contribution is 0.0946. The van der Waals surface area contributed by atoms with Gasteiger partial charge in [-0.15, -0.1) is 0 Å². The van der Waals surface area contributed by atoms with E-state index in [-0.39, 0.29) is 16.4 Å². The molecule has 1 saturated heterocycles. The highest BCUT2D eigenvalue weighted by molar-refractivity contribution is 9.10. The maximum atomic E-state index is 12.7. The Morgan fingerprint density at radius 1 is 1.18 bits per heavy atom. The van der Waals surface area contributed by atoms with E-state index in [1.165, 1.54) is 16.4 Å². The van der Waals surface area contributed by atoms with Crippen LogP contribution in [0.15, 0.2) is 51.8 Å². The minimum absolute atomic E-state index is 0.138. The highest BCUT2D eigenvalue weighted by Crippen LogP contribution is 2.25. The number of hydrogen-bond donors (Lipinski definition) is 1. The van der Waals surface area contributed by atoms with Crippen LogP contribution >= 0.6 is 15.9 Å². The first kappa shape index (κ1) is 20.8. The van der Waals surface area contributed by atoms with Crippen molar-refractivity contribution < 1.29 is 17.9 Å². The smallest absolute Gasteiger partial charge is 0.252 e. The van der Waals surface area contributed by atoms with E-state index in [2.05, 4.69) is 21.2 Å². The Balaban J connectivity index is 1.63. The second-order valence-electron chi connectivity index (χ2n) is 6.67. The molecule has 0 spiro atoms. The minimum Gasteiger partial charge on any atom is -0.492 e. The molecular weight excluding hydrogens is 444 g/mol. The van der Waals surface area contributed by atoms with Crippen LogP contribution in [0.1, 0.15) is 28.8 Å². The number of rotatable bonds is 7. The number of ether oxygens (including phenoxy) is 1. The lowest BCUT2D eigenvalue weighted by Gasteiger charge is -2.16. The van der Waals surface area contributed by atoms with Crippen molar-refractivity contribution in [1.82, 2.24) is 9.62 Å². The largest absolute Gasteiger partial charge is 0.492 e. The quantitative estimate of drug-likeness (QED) is 0.634. The van der Waals surface area contributed by atoms with Crippen LogP contribution in [0, 0.1) is 6.92 Å². The molecule has 0 aliphatic carbocycles. The van der Waals surface area contributed by atoms with Gasteiger partial charge in [0.1, 0.15) is 12.4 Å². The Kier molecular flexibility index (Phi) is 6.74. The molecule has 150 valence electrons. The first-order chi connectivity index (χ1) is 13.4. The number of aryl methyl sites for hydroxylation is 1. The van der Waals surface area contributed by atoms with Crippen LogP contribution in [0.3, 0.4) is 0 Å². The van der Waals surface area contributed by atoms with Gasteiger partial charge in [-0.2, -0.15) is 4.31 Å². The number of benzene rings is 2. The molecule has 2 aromatic carbocycles. The zero-order chi connectivity index (χ0) is 20.1. The maximum absolute atomic E-state index is 12.7. The second kappa shape index (κ2) is 9.07. The summed E-state index contributed by atoms with van der Waals surface area (Å²) in [5.41, 5.74) is 1.39. The van der Waals surface area contributed by atoms with E-state index in [1.54, 1.807) is 6.07 Å². The Hall–Kier alpha value is -1.90. The fourth-order valence-corrected chi connectivity index (χ4v) is 5.02. The van der Waals surface area contributed by atoms with Gasteiger partial charge in [-0.3, -0.25) is 4.79 Å². The summed E-state index contributed by atoms with van der Waals surface area (Å²) < 4.78 is 33.1. The second-order valence-corrected chi connectivity index (χ2v) is 9.47. The van der Waals surface area contributed by atoms with Gasteiger partial charge in [0, 0.05) is 17.6 Å². The third-order valence-electron chi connectivity index (χ3n) is 4.53. The third kappa shape index (κ3) is 4.92. The van der Waals surface area contributed by atoms with Crippen molar-refractivity contribution >= 4 is 31.9 Å². The van der Waals surface area contributed by atoms with Crippen LogP contribution < -0.4 is 10.1 Å². The molecule has 0 saturated carbocycles. The van der Waals surface area contributed by atoms with Gasteiger partial charge in [-0.05, 0) is 71.6 Å². The summed E-state index contributed by atoms with van der Waals surface area (Å²) in [7, 11) is -3.57. The Labute approximate surface area is 174 Å². The number of hydrogen-bond acceptors (Lipinski definition) is 4. The van der Waals surface area contributed by atoms with Crippen molar-refractivity contribution in [2.45, 2.75) is 24.7 Å². The third-order valence-corrected chi connectivity index (χ3v) is 7.12. The Bertz CT molecular complexity index is 956. The molecule has 0 unspecified atom stereocenters. The molecule has 2 aromatic rings. The zero-order valence-electron chi connectivity index (χ0n) is 15.7. The first-order valence-corrected chi connectivity index (χ1v) is 11.4. The van der Waals surface area contributed by atoms with Gasteiger partial charge in [0.15, 0.2) is 0 Å². The van der Waals surface area contributed by atoms with Crippen LogP contribution in [0.25, 0.3) is 0 Å². The van der Waals surface area contributed by atoms with E-state index < -0.39 is 10.0 Å². The van der Waals surface area contributed by atoms with Crippen molar-refractivity contribution in [1.29, 1.82) is 0 Å².